The molecule has 1 amide bonds. The first kappa shape index (κ1) is 20.1. The van der Waals surface area contributed by atoms with Crippen LogP contribution in [0.3, 0.4) is 0 Å². The number of hydrogen-bond acceptors (Lipinski definition) is 4. The molecule has 2 N–H and O–H groups in total. The number of nitrogens with zero attached hydrogens (tertiary/aromatic N) is 2. The number of carbonyl (C=O) groups is 1. The normalized spacial score (nSPS) is 13.7. The van der Waals surface area contributed by atoms with Gasteiger partial charge in [-0.2, -0.15) is 5.10 Å². The van der Waals surface area contributed by atoms with Gasteiger partial charge in [0.05, 0.1) is 12.5 Å². The minimum Gasteiger partial charge on any atom is -0.380 e. The highest BCUT2D eigenvalue weighted by molar-refractivity contribution is 5.75. The molecule has 0 aliphatic carbocycles. The molecule has 0 aliphatic heterocycles. The SMILES string of the molecule is CO[C@H](CC(=O)NO)[C@H](Cc1ccc(F)cc1C)c1ccnn1C(C)C. The average molecular weight is 363 g/mol. The largest absolute Gasteiger partial charge is 0.380 e. The smallest absolute Gasteiger partial charge is 0.245 e. The first-order valence-corrected chi connectivity index (χ1v) is 8.61. The first-order valence-electron chi connectivity index (χ1n) is 8.61. The third kappa shape index (κ3) is 4.68. The molecule has 0 saturated heterocycles. The number of aryl methyl sites for hydroxylation is 1. The van der Waals surface area contributed by atoms with Gasteiger partial charge in [-0.3, -0.25) is 14.7 Å². The number of methoxy groups -OCH3 is 1. The summed E-state index contributed by atoms with van der Waals surface area (Å²) < 4.78 is 20.9. The third-order valence-electron chi connectivity index (χ3n) is 4.58. The van der Waals surface area contributed by atoms with Gasteiger partial charge in [0, 0.05) is 31.0 Å². The van der Waals surface area contributed by atoms with Crippen molar-refractivity contribution in [2.75, 3.05) is 7.11 Å². The van der Waals surface area contributed by atoms with E-state index >= 15 is 0 Å². The monoisotopic (exact) mass is 363 g/mol. The lowest BCUT2D eigenvalue weighted by molar-refractivity contribution is -0.132. The molecule has 2 atom stereocenters. The van der Waals surface area contributed by atoms with Gasteiger partial charge in [0.2, 0.25) is 5.91 Å². The van der Waals surface area contributed by atoms with Crippen LogP contribution in [0.4, 0.5) is 4.39 Å². The maximum Gasteiger partial charge on any atom is 0.245 e. The number of carbonyl (C=O) groups excluding carboxylic acids is 1. The lowest BCUT2D eigenvalue weighted by Crippen LogP contribution is -2.32. The van der Waals surface area contributed by atoms with E-state index in [1.165, 1.54) is 19.2 Å². The molecule has 0 radical (unpaired) electrons. The van der Waals surface area contributed by atoms with E-state index in [-0.39, 0.29) is 24.2 Å². The summed E-state index contributed by atoms with van der Waals surface area (Å²) in [7, 11) is 1.54. The van der Waals surface area contributed by atoms with Crippen molar-refractivity contribution in [1.29, 1.82) is 0 Å². The molecule has 6 nitrogen and oxygen atoms in total. The summed E-state index contributed by atoms with van der Waals surface area (Å²) in [6, 6.07) is 6.73. The number of hydroxylamine groups is 1. The van der Waals surface area contributed by atoms with Gasteiger partial charge in [0.15, 0.2) is 0 Å². The van der Waals surface area contributed by atoms with E-state index in [0.29, 0.717) is 6.42 Å². The highest BCUT2D eigenvalue weighted by Crippen LogP contribution is 2.30. The molecule has 7 heteroatoms. The molecular formula is C19H26FN3O3. The summed E-state index contributed by atoms with van der Waals surface area (Å²) >= 11 is 0. The minimum atomic E-state index is -0.520. The fourth-order valence-electron chi connectivity index (χ4n) is 3.22. The minimum absolute atomic E-state index is 0.00117. The molecule has 0 bridgehead atoms. The van der Waals surface area contributed by atoms with Crippen molar-refractivity contribution in [1.82, 2.24) is 15.3 Å². The first-order chi connectivity index (χ1) is 12.4. The highest BCUT2D eigenvalue weighted by Gasteiger charge is 2.29. The Labute approximate surface area is 152 Å². The highest BCUT2D eigenvalue weighted by atomic mass is 19.1. The number of nitrogens with one attached hydrogen (secondary N) is 1. The van der Waals surface area contributed by atoms with Gasteiger partial charge in [-0.25, -0.2) is 9.87 Å². The van der Waals surface area contributed by atoms with E-state index in [1.54, 1.807) is 17.7 Å². The summed E-state index contributed by atoms with van der Waals surface area (Å²) in [6.45, 7) is 5.91. The number of rotatable bonds is 8. The summed E-state index contributed by atoms with van der Waals surface area (Å²) in [5, 5.41) is 13.3. The zero-order valence-electron chi connectivity index (χ0n) is 15.6. The zero-order valence-corrected chi connectivity index (χ0v) is 15.6. The summed E-state index contributed by atoms with van der Waals surface area (Å²) in [6.07, 6.45) is 1.81. The Morgan fingerprint density at radius 2 is 2.12 bits per heavy atom. The third-order valence-corrected chi connectivity index (χ3v) is 4.58. The van der Waals surface area contributed by atoms with Gasteiger partial charge in [-0.1, -0.05) is 6.07 Å². The second kappa shape index (κ2) is 8.91. The van der Waals surface area contributed by atoms with E-state index in [2.05, 4.69) is 5.10 Å². The van der Waals surface area contributed by atoms with Crippen LogP contribution in [0.2, 0.25) is 0 Å². The summed E-state index contributed by atoms with van der Waals surface area (Å²) in [4.78, 5) is 11.7. The lowest BCUT2D eigenvalue weighted by atomic mass is 9.87. The van der Waals surface area contributed by atoms with Crippen molar-refractivity contribution >= 4 is 5.91 Å². The number of amides is 1. The Bertz CT molecular complexity index is 745. The molecule has 1 heterocycles. The Morgan fingerprint density at radius 1 is 1.38 bits per heavy atom. The van der Waals surface area contributed by atoms with Crippen LogP contribution < -0.4 is 5.48 Å². The van der Waals surface area contributed by atoms with Crippen LogP contribution in [0.15, 0.2) is 30.5 Å². The van der Waals surface area contributed by atoms with Crippen LogP contribution in [0.5, 0.6) is 0 Å². The number of benzene rings is 1. The molecule has 1 aromatic carbocycles. The van der Waals surface area contributed by atoms with Crippen molar-refractivity contribution in [3.05, 3.63) is 53.1 Å². The molecule has 0 unspecified atom stereocenters. The van der Waals surface area contributed by atoms with Gasteiger partial charge >= 0.3 is 0 Å². The lowest BCUT2D eigenvalue weighted by Gasteiger charge is -2.28. The zero-order chi connectivity index (χ0) is 19.3. The van der Waals surface area contributed by atoms with Crippen LogP contribution in [0.25, 0.3) is 0 Å². The predicted molar refractivity (Wildman–Crippen MR) is 95.5 cm³/mol. The Balaban J connectivity index is 2.43. The molecule has 0 saturated carbocycles. The van der Waals surface area contributed by atoms with Gasteiger partial charge in [0.25, 0.3) is 0 Å². The van der Waals surface area contributed by atoms with Crippen molar-refractivity contribution in [2.45, 2.75) is 51.7 Å². The molecule has 2 rings (SSSR count). The molecule has 26 heavy (non-hydrogen) atoms. The van der Waals surface area contributed by atoms with E-state index in [0.717, 1.165) is 16.8 Å². The topological polar surface area (TPSA) is 76.4 Å². The van der Waals surface area contributed by atoms with Gasteiger partial charge in [-0.05, 0) is 56.5 Å². The molecule has 0 spiro atoms. The van der Waals surface area contributed by atoms with Gasteiger partial charge in [0.1, 0.15) is 5.82 Å². The molecule has 2 aromatic rings. The maximum absolute atomic E-state index is 13.5. The fourth-order valence-corrected chi connectivity index (χ4v) is 3.22. The molecule has 0 fully saturated rings. The van der Waals surface area contributed by atoms with Crippen molar-refractivity contribution in [2.24, 2.45) is 0 Å². The van der Waals surface area contributed by atoms with E-state index in [4.69, 9.17) is 9.94 Å². The summed E-state index contributed by atoms with van der Waals surface area (Å²) in [5.74, 6) is -0.988. The predicted octanol–water partition coefficient (Wildman–Crippen LogP) is 3.15. The Morgan fingerprint density at radius 3 is 2.69 bits per heavy atom. The quantitative estimate of drug-likeness (QED) is 0.558. The molecule has 1 aromatic heterocycles. The standard InChI is InChI=1S/C19H26FN3O3/c1-12(2)23-17(7-8-21-23)16(18(26-4)11-19(24)22-25)10-14-5-6-15(20)9-13(14)3/h5-9,12,16,18,25H,10-11H2,1-4H3,(H,22,24)/t16-,18-/m1/s1. The van der Waals surface area contributed by atoms with Crippen molar-refractivity contribution in [3.8, 4) is 0 Å². The van der Waals surface area contributed by atoms with Crippen LogP contribution in [-0.4, -0.2) is 34.1 Å². The Hall–Kier alpha value is -2.25. The second-order valence-electron chi connectivity index (χ2n) is 6.69. The fraction of sp³-hybridized carbons (Fsp3) is 0.474. The van der Waals surface area contributed by atoms with Gasteiger partial charge < -0.3 is 4.74 Å². The Kier molecular flexibility index (Phi) is 6.88. The number of hydrogen-bond donors (Lipinski definition) is 2. The molecular weight excluding hydrogens is 337 g/mol. The number of ether oxygens (including phenoxy) is 1. The molecule has 142 valence electrons. The van der Waals surface area contributed by atoms with E-state index in [9.17, 15) is 9.18 Å². The maximum atomic E-state index is 13.5. The van der Waals surface area contributed by atoms with E-state index in [1.807, 2.05) is 31.5 Å². The van der Waals surface area contributed by atoms with Crippen LogP contribution in [0, 0.1) is 12.7 Å². The van der Waals surface area contributed by atoms with Crippen LogP contribution in [-0.2, 0) is 16.0 Å². The number of aromatic nitrogens is 2. The number of halogens is 1. The summed E-state index contributed by atoms with van der Waals surface area (Å²) in [5.41, 5.74) is 4.40. The van der Waals surface area contributed by atoms with Crippen molar-refractivity contribution < 1.29 is 19.1 Å². The average Bonchev–Trinajstić information content (AvgIpc) is 3.09. The van der Waals surface area contributed by atoms with Crippen molar-refractivity contribution in [3.63, 3.8) is 0 Å². The second-order valence-corrected chi connectivity index (χ2v) is 6.69. The van der Waals surface area contributed by atoms with Crippen LogP contribution >= 0.6 is 0 Å². The van der Waals surface area contributed by atoms with Crippen LogP contribution in [0.1, 0.15) is 49.0 Å². The molecule has 0 aliphatic rings. The van der Waals surface area contributed by atoms with Gasteiger partial charge in [-0.15, -0.1) is 0 Å². The van der Waals surface area contributed by atoms with E-state index < -0.39 is 12.0 Å².